The minimum atomic E-state index is 0.304. The first kappa shape index (κ1) is 15.5. The highest BCUT2D eigenvalue weighted by Gasteiger charge is 2.08. The standard InChI is InChI=1S/C16H24N4O/c1-12(2)9-20-16(18-11-19-20)10-21-15-7-5-6-14(8-15)13(3)17-4/h5-8,11-13,17H,9-10H2,1-4H3. The number of rotatable bonds is 7. The molecule has 1 unspecified atom stereocenters. The predicted molar refractivity (Wildman–Crippen MR) is 83.1 cm³/mol. The average Bonchev–Trinajstić information content (AvgIpc) is 2.91. The SMILES string of the molecule is CNC(C)c1cccc(OCc2ncnn2CC(C)C)c1. The largest absolute Gasteiger partial charge is 0.486 e. The van der Waals surface area contributed by atoms with Crippen LogP contribution in [-0.4, -0.2) is 21.8 Å². The Balaban J connectivity index is 2.01. The zero-order valence-corrected chi connectivity index (χ0v) is 13.2. The van der Waals surface area contributed by atoms with Gasteiger partial charge in [0.1, 0.15) is 18.7 Å². The summed E-state index contributed by atoms with van der Waals surface area (Å²) in [6.07, 6.45) is 1.58. The van der Waals surface area contributed by atoms with Crippen LogP contribution in [0.3, 0.4) is 0 Å². The molecule has 114 valence electrons. The van der Waals surface area contributed by atoms with E-state index in [4.69, 9.17) is 4.74 Å². The van der Waals surface area contributed by atoms with Crippen LogP contribution in [0.5, 0.6) is 5.75 Å². The quantitative estimate of drug-likeness (QED) is 0.851. The lowest BCUT2D eigenvalue weighted by molar-refractivity contribution is 0.282. The van der Waals surface area contributed by atoms with Crippen LogP contribution >= 0.6 is 0 Å². The molecule has 1 aromatic carbocycles. The van der Waals surface area contributed by atoms with Gasteiger partial charge >= 0.3 is 0 Å². The second-order valence-corrected chi connectivity index (χ2v) is 5.62. The van der Waals surface area contributed by atoms with Crippen molar-refractivity contribution in [3.05, 3.63) is 42.0 Å². The molecule has 0 saturated carbocycles. The van der Waals surface area contributed by atoms with Crippen molar-refractivity contribution >= 4 is 0 Å². The molecule has 21 heavy (non-hydrogen) atoms. The smallest absolute Gasteiger partial charge is 0.164 e. The summed E-state index contributed by atoms with van der Waals surface area (Å²) < 4.78 is 7.76. The molecular formula is C16H24N4O. The normalized spacial score (nSPS) is 12.6. The van der Waals surface area contributed by atoms with Crippen LogP contribution in [0.4, 0.5) is 0 Å². The second-order valence-electron chi connectivity index (χ2n) is 5.62. The van der Waals surface area contributed by atoms with Crippen LogP contribution in [0.2, 0.25) is 0 Å². The molecular weight excluding hydrogens is 264 g/mol. The molecule has 0 bridgehead atoms. The fourth-order valence-corrected chi connectivity index (χ4v) is 2.09. The van der Waals surface area contributed by atoms with Crippen molar-refractivity contribution in [2.75, 3.05) is 7.05 Å². The van der Waals surface area contributed by atoms with Gasteiger partial charge in [0.05, 0.1) is 0 Å². The number of aromatic nitrogens is 3. The summed E-state index contributed by atoms with van der Waals surface area (Å²) in [4.78, 5) is 4.27. The van der Waals surface area contributed by atoms with Crippen LogP contribution in [0.25, 0.3) is 0 Å². The maximum Gasteiger partial charge on any atom is 0.164 e. The number of hydrogen-bond donors (Lipinski definition) is 1. The van der Waals surface area contributed by atoms with Gasteiger partial charge in [-0.3, -0.25) is 0 Å². The van der Waals surface area contributed by atoms with Gasteiger partial charge < -0.3 is 10.1 Å². The van der Waals surface area contributed by atoms with E-state index in [-0.39, 0.29) is 0 Å². The molecule has 2 aromatic rings. The number of benzene rings is 1. The molecule has 0 amide bonds. The van der Waals surface area contributed by atoms with E-state index in [9.17, 15) is 0 Å². The van der Waals surface area contributed by atoms with Gasteiger partial charge in [0, 0.05) is 12.6 Å². The van der Waals surface area contributed by atoms with Gasteiger partial charge in [0.2, 0.25) is 0 Å². The van der Waals surface area contributed by atoms with E-state index in [1.54, 1.807) is 6.33 Å². The van der Waals surface area contributed by atoms with E-state index in [0.717, 1.165) is 18.1 Å². The third-order valence-corrected chi connectivity index (χ3v) is 3.39. The summed E-state index contributed by atoms with van der Waals surface area (Å²) >= 11 is 0. The van der Waals surface area contributed by atoms with Crippen molar-refractivity contribution in [3.8, 4) is 5.75 Å². The molecule has 0 radical (unpaired) electrons. The first-order valence-corrected chi connectivity index (χ1v) is 7.37. The molecule has 1 heterocycles. The van der Waals surface area contributed by atoms with Gasteiger partial charge in [-0.15, -0.1) is 0 Å². The molecule has 0 spiro atoms. The molecule has 1 aromatic heterocycles. The maximum atomic E-state index is 5.86. The minimum absolute atomic E-state index is 0.304. The van der Waals surface area contributed by atoms with Crippen molar-refractivity contribution < 1.29 is 4.74 Å². The summed E-state index contributed by atoms with van der Waals surface area (Å²) in [5.41, 5.74) is 1.21. The fourth-order valence-electron chi connectivity index (χ4n) is 2.09. The molecule has 1 atom stereocenters. The van der Waals surface area contributed by atoms with Gasteiger partial charge in [-0.2, -0.15) is 5.10 Å². The third kappa shape index (κ3) is 4.29. The van der Waals surface area contributed by atoms with Gasteiger partial charge in [-0.05, 0) is 37.6 Å². The Morgan fingerprint density at radius 1 is 1.29 bits per heavy atom. The lowest BCUT2D eigenvalue weighted by atomic mass is 10.1. The van der Waals surface area contributed by atoms with E-state index >= 15 is 0 Å². The summed E-state index contributed by atoms with van der Waals surface area (Å²) in [6, 6.07) is 8.43. The van der Waals surface area contributed by atoms with E-state index in [0.29, 0.717) is 18.6 Å². The van der Waals surface area contributed by atoms with Crippen LogP contribution in [0.15, 0.2) is 30.6 Å². The van der Waals surface area contributed by atoms with Crippen molar-refractivity contribution in [1.29, 1.82) is 0 Å². The number of ether oxygens (including phenoxy) is 1. The second kappa shape index (κ2) is 7.22. The Hall–Kier alpha value is -1.88. The summed E-state index contributed by atoms with van der Waals surface area (Å²) in [5, 5.41) is 7.47. The van der Waals surface area contributed by atoms with Gasteiger partial charge in [-0.1, -0.05) is 26.0 Å². The van der Waals surface area contributed by atoms with E-state index < -0.39 is 0 Å². The van der Waals surface area contributed by atoms with Crippen molar-refractivity contribution in [2.24, 2.45) is 5.92 Å². The Morgan fingerprint density at radius 2 is 2.10 bits per heavy atom. The summed E-state index contributed by atoms with van der Waals surface area (Å²) in [6.45, 7) is 7.74. The average molecular weight is 288 g/mol. The zero-order chi connectivity index (χ0) is 15.2. The topological polar surface area (TPSA) is 52.0 Å². The molecule has 0 saturated heterocycles. The zero-order valence-electron chi connectivity index (χ0n) is 13.2. The summed E-state index contributed by atoms with van der Waals surface area (Å²) in [5.74, 6) is 2.25. The first-order valence-electron chi connectivity index (χ1n) is 7.37. The molecule has 5 heteroatoms. The first-order chi connectivity index (χ1) is 10.1. The number of hydrogen-bond acceptors (Lipinski definition) is 4. The Labute approximate surface area is 126 Å². The van der Waals surface area contributed by atoms with Crippen molar-refractivity contribution in [2.45, 2.75) is 40.0 Å². The number of nitrogens with zero attached hydrogens (tertiary/aromatic N) is 3. The van der Waals surface area contributed by atoms with Crippen LogP contribution in [-0.2, 0) is 13.2 Å². The lowest BCUT2D eigenvalue weighted by Gasteiger charge is -2.13. The highest BCUT2D eigenvalue weighted by atomic mass is 16.5. The van der Waals surface area contributed by atoms with Crippen molar-refractivity contribution in [1.82, 2.24) is 20.1 Å². The molecule has 0 fully saturated rings. The van der Waals surface area contributed by atoms with E-state index in [1.165, 1.54) is 5.56 Å². The monoisotopic (exact) mass is 288 g/mol. The minimum Gasteiger partial charge on any atom is -0.486 e. The van der Waals surface area contributed by atoms with Gasteiger partial charge in [0.25, 0.3) is 0 Å². The van der Waals surface area contributed by atoms with E-state index in [2.05, 4.69) is 48.3 Å². The lowest BCUT2D eigenvalue weighted by Crippen LogP contribution is -2.13. The highest BCUT2D eigenvalue weighted by molar-refractivity contribution is 5.30. The van der Waals surface area contributed by atoms with E-state index in [1.807, 2.05) is 23.9 Å². The molecule has 1 N–H and O–H groups in total. The third-order valence-electron chi connectivity index (χ3n) is 3.39. The molecule has 0 aliphatic heterocycles. The Kier molecular flexibility index (Phi) is 5.33. The maximum absolute atomic E-state index is 5.86. The molecule has 0 aliphatic rings. The Bertz CT molecular complexity index is 565. The molecule has 5 nitrogen and oxygen atoms in total. The fraction of sp³-hybridized carbons (Fsp3) is 0.500. The van der Waals surface area contributed by atoms with Gasteiger partial charge in [-0.25, -0.2) is 9.67 Å². The van der Waals surface area contributed by atoms with Crippen LogP contribution < -0.4 is 10.1 Å². The Morgan fingerprint density at radius 3 is 2.81 bits per heavy atom. The van der Waals surface area contributed by atoms with Crippen LogP contribution in [0.1, 0.15) is 38.2 Å². The molecule has 2 rings (SSSR count). The van der Waals surface area contributed by atoms with Gasteiger partial charge in [0.15, 0.2) is 5.82 Å². The van der Waals surface area contributed by atoms with Crippen LogP contribution in [0, 0.1) is 5.92 Å². The molecule has 0 aliphatic carbocycles. The number of nitrogens with one attached hydrogen (secondary N) is 1. The van der Waals surface area contributed by atoms with Crippen molar-refractivity contribution in [3.63, 3.8) is 0 Å². The summed E-state index contributed by atoms with van der Waals surface area (Å²) in [7, 11) is 1.95. The predicted octanol–water partition coefficient (Wildman–Crippen LogP) is 2.79. The highest BCUT2D eigenvalue weighted by Crippen LogP contribution is 2.19.